The van der Waals surface area contributed by atoms with E-state index in [2.05, 4.69) is 24.5 Å². The number of ether oxygens (including phenoxy) is 2. The molecule has 2 amide bonds. The normalized spacial score (nSPS) is 11.6. The Morgan fingerprint density at radius 3 is 2.29 bits per heavy atom. The molecule has 0 radical (unpaired) electrons. The minimum Gasteiger partial charge on any atom is -0.481 e. The van der Waals surface area contributed by atoms with Crippen molar-refractivity contribution < 1.29 is 19.1 Å². The summed E-state index contributed by atoms with van der Waals surface area (Å²) < 4.78 is 10.7. The average molecular weight is 384 g/mol. The van der Waals surface area contributed by atoms with E-state index in [0.717, 1.165) is 11.1 Å². The van der Waals surface area contributed by atoms with Gasteiger partial charge < -0.3 is 14.8 Å². The maximum atomic E-state index is 12.6. The summed E-state index contributed by atoms with van der Waals surface area (Å²) in [7, 11) is 0. The van der Waals surface area contributed by atoms with Crippen LogP contribution in [0.4, 0.5) is 16.2 Å². The van der Waals surface area contributed by atoms with Crippen molar-refractivity contribution in [3.63, 3.8) is 0 Å². The number of nitrogens with one attached hydrogen (secondary N) is 2. The summed E-state index contributed by atoms with van der Waals surface area (Å²) in [6.07, 6.45) is -1.21. The lowest BCUT2D eigenvalue weighted by Gasteiger charge is -2.18. The van der Waals surface area contributed by atoms with Crippen molar-refractivity contribution in [2.75, 3.05) is 17.2 Å². The van der Waals surface area contributed by atoms with Crippen LogP contribution in [0, 0.1) is 6.92 Å². The minimum atomic E-state index is -0.677. The number of amides is 2. The third-order valence-electron chi connectivity index (χ3n) is 4.31. The van der Waals surface area contributed by atoms with Crippen LogP contribution in [0.2, 0.25) is 0 Å². The fraction of sp³-hybridized carbons (Fsp3) is 0.364. The van der Waals surface area contributed by atoms with Crippen LogP contribution < -0.4 is 15.4 Å². The molecule has 2 aromatic carbocycles. The Bertz CT molecular complexity index is 833. The highest BCUT2D eigenvalue weighted by molar-refractivity contribution is 5.96. The molecule has 0 aliphatic rings. The molecular weight excluding hydrogens is 356 g/mol. The number of hydrogen-bond acceptors (Lipinski definition) is 4. The zero-order chi connectivity index (χ0) is 20.7. The number of benzene rings is 2. The Morgan fingerprint density at radius 2 is 1.64 bits per heavy atom. The van der Waals surface area contributed by atoms with E-state index in [1.54, 1.807) is 32.0 Å². The molecule has 2 rings (SSSR count). The van der Waals surface area contributed by atoms with Gasteiger partial charge in [-0.1, -0.05) is 32.0 Å². The second kappa shape index (κ2) is 9.78. The number of rotatable bonds is 7. The highest BCUT2D eigenvalue weighted by Crippen LogP contribution is 2.25. The van der Waals surface area contributed by atoms with Gasteiger partial charge in [0.15, 0.2) is 6.10 Å². The molecule has 0 saturated carbocycles. The SMILES string of the molecule is CCOC(=O)Nc1cccc(NC(=O)C(C)Oc2cccc(C(C)C)c2)c1C. The number of carbonyl (C=O) groups excluding carboxylic acids is 2. The lowest BCUT2D eigenvalue weighted by Crippen LogP contribution is -2.30. The van der Waals surface area contributed by atoms with Crippen LogP contribution in [-0.4, -0.2) is 24.7 Å². The summed E-state index contributed by atoms with van der Waals surface area (Å²) in [6.45, 7) is 9.75. The van der Waals surface area contributed by atoms with Crippen LogP contribution >= 0.6 is 0 Å². The molecule has 28 heavy (non-hydrogen) atoms. The zero-order valence-corrected chi connectivity index (χ0v) is 17.0. The maximum Gasteiger partial charge on any atom is 0.411 e. The topological polar surface area (TPSA) is 76.7 Å². The molecule has 0 aliphatic carbocycles. The van der Waals surface area contributed by atoms with Crippen molar-refractivity contribution in [2.24, 2.45) is 0 Å². The van der Waals surface area contributed by atoms with E-state index in [1.165, 1.54) is 0 Å². The smallest absolute Gasteiger partial charge is 0.411 e. The minimum absolute atomic E-state index is 0.272. The van der Waals surface area contributed by atoms with Crippen molar-refractivity contribution in [1.29, 1.82) is 0 Å². The van der Waals surface area contributed by atoms with E-state index in [9.17, 15) is 9.59 Å². The van der Waals surface area contributed by atoms with Gasteiger partial charge in [-0.2, -0.15) is 0 Å². The van der Waals surface area contributed by atoms with E-state index in [-0.39, 0.29) is 12.5 Å². The fourth-order valence-electron chi connectivity index (χ4n) is 2.62. The molecule has 0 spiro atoms. The summed E-state index contributed by atoms with van der Waals surface area (Å²) >= 11 is 0. The van der Waals surface area contributed by atoms with Crippen molar-refractivity contribution >= 4 is 23.4 Å². The lowest BCUT2D eigenvalue weighted by molar-refractivity contribution is -0.122. The van der Waals surface area contributed by atoms with Gasteiger partial charge in [0.25, 0.3) is 5.91 Å². The summed E-state index contributed by atoms with van der Waals surface area (Å²) in [5, 5.41) is 5.52. The number of anilines is 2. The van der Waals surface area contributed by atoms with E-state index < -0.39 is 12.2 Å². The molecular formula is C22H28N2O4. The van der Waals surface area contributed by atoms with Crippen LogP contribution in [0.25, 0.3) is 0 Å². The summed E-state index contributed by atoms with van der Waals surface area (Å²) in [6, 6.07) is 13.0. The quantitative estimate of drug-likeness (QED) is 0.697. The summed E-state index contributed by atoms with van der Waals surface area (Å²) in [5.41, 5.74) is 3.07. The maximum absolute atomic E-state index is 12.6. The van der Waals surface area contributed by atoms with Crippen molar-refractivity contribution in [1.82, 2.24) is 0 Å². The van der Waals surface area contributed by atoms with E-state index in [1.807, 2.05) is 31.2 Å². The molecule has 150 valence electrons. The molecule has 0 bridgehead atoms. The van der Waals surface area contributed by atoms with E-state index in [0.29, 0.717) is 23.0 Å². The van der Waals surface area contributed by atoms with Crippen molar-refractivity contribution in [3.05, 3.63) is 53.6 Å². The van der Waals surface area contributed by atoms with Crippen molar-refractivity contribution in [3.8, 4) is 5.75 Å². The van der Waals surface area contributed by atoms with Gasteiger partial charge in [0, 0.05) is 11.4 Å². The van der Waals surface area contributed by atoms with Gasteiger partial charge in [-0.15, -0.1) is 0 Å². The third-order valence-corrected chi connectivity index (χ3v) is 4.31. The molecule has 6 nitrogen and oxygen atoms in total. The highest BCUT2D eigenvalue weighted by Gasteiger charge is 2.17. The van der Waals surface area contributed by atoms with Gasteiger partial charge in [-0.3, -0.25) is 10.1 Å². The Hall–Kier alpha value is -3.02. The number of carbonyl (C=O) groups is 2. The van der Waals surface area contributed by atoms with Crippen LogP contribution in [0.1, 0.15) is 44.7 Å². The fourth-order valence-corrected chi connectivity index (χ4v) is 2.62. The van der Waals surface area contributed by atoms with E-state index >= 15 is 0 Å². The van der Waals surface area contributed by atoms with Gasteiger partial charge in [0.05, 0.1) is 6.61 Å². The zero-order valence-electron chi connectivity index (χ0n) is 17.0. The monoisotopic (exact) mass is 384 g/mol. The summed E-state index contributed by atoms with van der Waals surface area (Å²) in [4.78, 5) is 24.2. The molecule has 0 saturated heterocycles. The molecule has 0 aliphatic heterocycles. The van der Waals surface area contributed by atoms with Gasteiger partial charge in [-0.05, 0) is 62.1 Å². The second-order valence-electron chi connectivity index (χ2n) is 6.80. The number of hydrogen-bond donors (Lipinski definition) is 2. The van der Waals surface area contributed by atoms with Crippen molar-refractivity contribution in [2.45, 2.75) is 46.6 Å². The van der Waals surface area contributed by atoms with Crippen LogP contribution in [0.3, 0.4) is 0 Å². The third kappa shape index (κ3) is 5.74. The Morgan fingerprint density at radius 1 is 1.00 bits per heavy atom. The molecule has 0 fully saturated rings. The Labute approximate surface area is 166 Å². The van der Waals surface area contributed by atoms with Gasteiger partial charge in [-0.25, -0.2) is 4.79 Å². The van der Waals surface area contributed by atoms with E-state index in [4.69, 9.17) is 9.47 Å². The first-order valence-electron chi connectivity index (χ1n) is 9.42. The van der Waals surface area contributed by atoms with Crippen LogP contribution in [0.15, 0.2) is 42.5 Å². The molecule has 6 heteroatoms. The lowest BCUT2D eigenvalue weighted by atomic mass is 10.0. The second-order valence-corrected chi connectivity index (χ2v) is 6.80. The van der Waals surface area contributed by atoms with Crippen LogP contribution in [-0.2, 0) is 9.53 Å². The molecule has 2 aromatic rings. The predicted molar refractivity (Wildman–Crippen MR) is 111 cm³/mol. The molecule has 0 aromatic heterocycles. The van der Waals surface area contributed by atoms with Gasteiger partial charge in [0.2, 0.25) is 0 Å². The van der Waals surface area contributed by atoms with Crippen LogP contribution in [0.5, 0.6) is 5.75 Å². The Kier molecular flexibility index (Phi) is 7.44. The largest absolute Gasteiger partial charge is 0.481 e. The first-order chi connectivity index (χ1) is 13.3. The molecule has 2 N–H and O–H groups in total. The summed E-state index contributed by atoms with van der Waals surface area (Å²) in [5.74, 6) is 0.764. The average Bonchev–Trinajstić information content (AvgIpc) is 2.65. The van der Waals surface area contributed by atoms with Gasteiger partial charge in [0.1, 0.15) is 5.75 Å². The standard InChI is InChI=1S/C22H28N2O4/c1-6-27-22(26)24-20-12-8-11-19(15(20)4)23-21(25)16(5)28-18-10-7-9-17(13-18)14(2)3/h7-14,16H,6H2,1-5H3,(H,23,25)(H,24,26). The molecule has 1 atom stereocenters. The Balaban J connectivity index is 2.05. The molecule has 1 unspecified atom stereocenters. The first kappa shape index (κ1) is 21.3. The predicted octanol–water partition coefficient (Wildman–Crippen LogP) is 5.09. The van der Waals surface area contributed by atoms with Gasteiger partial charge >= 0.3 is 6.09 Å². The molecule has 0 heterocycles. The first-order valence-corrected chi connectivity index (χ1v) is 9.42. The highest BCUT2D eigenvalue weighted by atomic mass is 16.5.